The molecular formula is C19H13ClF3N3O3. The summed E-state index contributed by atoms with van der Waals surface area (Å²) in [5.74, 6) is -4.94. The zero-order valence-electron chi connectivity index (χ0n) is 14.9. The first-order chi connectivity index (χ1) is 13.7. The largest absolute Gasteiger partial charge is 0.454 e. The van der Waals surface area contributed by atoms with Crippen molar-refractivity contribution in [3.63, 3.8) is 0 Å². The molecular weight excluding hydrogens is 411 g/mol. The maximum atomic E-state index is 13.7. The van der Waals surface area contributed by atoms with Crippen LogP contribution >= 0.6 is 11.6 Å². The number of ether oxygens (including phenoxy) is 1. The van der Waals surface area contributed by atoms with Crippen LogP contribution < -0.4 is 5.73 Å². The number of Topliss-reactive ketones (excluding diaryl/α,β-unsaturated/α-hetero) is 1. The molecule has 0 fully saturated rings. The van der Waals surface area contributed by atoms with Crippen LogP contribution in [-0.2, 0) is 4.74 Å². The lowest BCUT2D eigenvalue weighted by atomic mass is 10.1. The van der Waals surface area contributed by atoms with Gasteiger partial charge in [0.1, 0.15) is 28.8 Å². The quantitative estimate of drug-likeness (QED) is 0.497. The van der Waals surface area contributed by atoms with Crippen molar-refractivity contribution in [2.75, 3.05) is 12.3 Å². The second-order valence-electron chi connectivity index (χ2n) is 5.95. The Kier molecular flexibility index (Phi) is 5.60. The summed E-state index contributed by atoms with van der Waals surface area (Å²) in [5, 5.41) is 4.09. The van der Waals surface area contributed by atoms with Gasteiger partial charge in [-0.15, -0.1) is 0 Å². The normalized spacial score (nSPS) is 10.8. The number of hydrogen-bond donors (Lipinski definition) is 1. The summed E-state index contributed by atoms with van der Waals surface area (Å²) in [6.07, 6.45) is 0. The number of nitrogens with two attached hydrogens (primary N) is 1. The number of carbonyl (C=O) groups is 2. The molecule has 10 heteroatoms. The van der Waals surface area contributed by atoms with Crippen LogP contribution in [0.4, 0.5) is 19.0 Å². The molecule has 3 rings (SSSR count). The Morgan fingerprint density at radius 2 is 1.79 bits per heavy atom. The number of aromatic nitrogens is 2. The van der Waals surface area contributed by atoms with Crippen molar-refractivity contribution in [2.24, 2.45) is 0 Å². The molecule has 0 spiro atoms. The molecule has 6 nitrogen and oxygen atoms in total. The molecule has 0 aliphatic carbocycles. The number of rotatable bonds is 5. The summed E-state index contributed by atoms with van der Waals surface area (Å²) >= 11 is 5.99. The van der Waals surface area contributed by atoms with E-state index in [4.69, 9.17) is 22.1 Å². The predicted molar refractivity (Wildman–Crippen MR) is 98.7 cm³/mol. The number of benzene rings is 2. The van der Waals surface area contributed by atoms with Gasteiger partial charge in [0.2, 0.25) is 5.78 Å². The first kappa shape index (κ1) is 20.4. The fourth-order valence-electron chi connectivity index (χ4n) is 2.67. The van der Waals surface area contributed by atoms with E-state index in [-0.39, 0.29) is 27.8 Å². The van der Waals surface area contributed by atoms with Crippen LogP contribution in [0.1, 0.15) is 26.4 Å². The van der Waals surface area contributed by atoms with Crippen LogP contribution in [0.25, 0.3) is 5.69 Å². The number of halogens is 4. The zero-order valence-corrected chi connectivity index (χ0v) is 15.6. The van der Waals surface area contributed by atoms with Crippen LogP contribution in [0.5, 0.6) is 0 Å². The maximum absolute atomic E-state index is 13.7. The molecule has 1 aromatic heterocycles. The third kappa shape index (κ3) is 3.95. The number of aryl methyl sites for hydroxylation is 1. The fourth-order valence-corrected chi connectivity index (χ4v) is 2.92. The van der Waals surface area contributed by atoms with Crippen LogP contribution in [0.2, 0.25) is 5.02 Å². The highest BCUT2D eigenvalue weighted by atomic mass is 35.5. The Morgan fingerprint density at radius 3 is 2.41 bits per heavy atom. The van der Waals surface area contributed by atoms with Gasteiger partial charge in [0.15, 0.2) is 6.61 Å². The number of hydrogen-bond acceptors (Lipinski definition) is 5. The fraction of sp³-hybridized carbons (Fsp3) is 0.105. The minimum Gasteiger partial charge on any atom is -0.454 e. The van der Waals surface area contributed by atoms with Gasteiger partial charge < -0.3 is 10.5 Å². The van der Waals surface area contributed by atoms with E-state index in [1.807, 2.05) is 0 Å². The molecule has 0 atom stereocenters. The molecule has 3 aromatic rings. The van der Waals surface area contributed by atoms with Crippen molar-refractivity contribution in [3.8, 4) is 5.69 Å². The molecule has 150 valence electrons. The average Bonchev–Trinajstić information content (AvgIpc) is 2.94. The van der Waals surface area contributed by atoms with Gasteiger partial charge in [-0.3, -0.25) is 4.79 Å². The predicted octanol–water partition coefficient (Wildman–Crippen LogP) is 3.87. The van der Waals surface area contributed by atoms with E-state index in [1.165, 1.54) is 13.0 Å². The Labute approximate surface area is 167 Å². The van der Waals surface area contributed by atoms with E-state index in [9.17, 15) is 22.8 Å². The molecule has 0 unspecified atom stereocenters. The molecule has 0 radical (unpaired) electrons. The molecule has 0 aliphatic rings. The Balaban J connectivity index is 1.83. The van der Waals surface area contributed by atoms with E-state index < -0.39 is 41.4 Å². The van der Waals surface area contributed by atoms with Crippen LogP contribution in [-0.4, -0.2) is 28.1 Å². The SMILES string of the molecule is Cc1nn(-c2ccc(F)cc2Cl)c(N)c1C(=O)OCC(=O)c1c(F)cccc1F. The second kappa shape index (κ2) is 7.96. The average molecular weight is 424 g/mol. The van der Waals surface area contributed by atoms with E-state index in [0.717, 1.165) is 35.0 Å². The van der Waals surface area contributed by atoms with E-state index in [2.05, 4.69) is 5.10 Å². The number of nitrogens with zero attached hydrogens (tertiary/aromatic N) is 2. The smallest absolute Gasteiger partial charge is 0.344 e. The number of anilines is 1. The molecule has 0 amide bonds. The summed E-state index contributed by atoms with van der Waals surface area (Å²) in [6.45, 7) is 0.553. The monoisotopic (exact) mass is 423 g/mol. The number of nitrogen functional groups attached to an aromatic ring is 1. The molecule has 0 aliphatic heterocycles. The third-order valence-electron chi connectivity index (χ3n) is 4.01. The Bertz CT molecular complexity index is 1110. The summed E-state index contributed by atoms with van der Waals surface area (Å²) in [4.78, 5) is 24.4. The molecule has 0 saturated heterocycles. The summed E-state index contributed by atoms with van der Waals surface area (Å²) < 4.78 is 46.5. The topological polar surface area (TPSA) is 87.2 Å². The van der Waals surface area contributed by atoms with E-state index >= 15 is 0 Å². The molecule has 2 N–H and O–H groups in total. The van der Waals surface area contributed by atoms with Crippen molar-refractivity contribution < 1.29 is 27.5 Å². The van der Waals surface area contributed by atoms with Crippen LogP contribution in [0, 0.1) is 24.4 Å². The van der Waals surface area contributed by atoms with Crippen molar-refractivity contribution in [2.45, 2.75) is 6.92 Å². The first-order valence-electron chi connectivity index (χ1n) is 8.15. The molecule has 1 heterocycles. The van der Waals surface area contributed by atoms with Gasteiger partial charge in [-0.05, 0) is 37.3 Å². The highest BCUT2D eigenvalue weighted by Crippen LogP contribution is 2.27. The third-order valence-corrected chi connectivity index (χ3v) is 4.32. The zero-order chi connectivity index (χ0) is 21.3. The molecule has 29 heavy (non-hydrogen) atoms. The van der Waals surface area contributed by atoms with Gasteiger partial charge in [-0.1, -0.05) is 17.7 Å². The van der Waals surface area contributed by atoms with Crippen molar-refractivity contribution in [1.29, 1.82) is 0 Å². The van der Waals surface area contributed by atoms with Gasteiger partial charge >= 0.3 is 5.97 Å². The van der Waals surface area contributed by atoms with Gasteiger partial charge in [0.25, 0.3) is 0 Å². The molecule has 0 bridgehead atoms. The number of esters is 1. The summed E-state index contributed by atoms with van der Waals surface area (Å²) in [5.41, 5.74) is 5.36. The lowest BCUT2D eigenvalue weighted by Gasteiger charge is -2.08. The first-order valence-corrected chi connectivity index (χ1v) is 8.53. The standard InChI is InChI=1S/C19H13ClF3N3O3/c1-9-16(18(24)26(25-9)14-6-5-10(21)7-11(14)20)19(28)29-8-15(27)17-12(22)3-2-4-13(17)23/h2-7H,8,24H2,1H3. The molecule has 2 aromatic carbocycles. The van der Waals surface area contributed by atoms with Crippen LogP contribution in [0.15, 0.2) is 36.4 Å². The number of carbonyl (C=O) groups excluding carboxylic acids is 2. The van der Waals surface area contributed by atoms with Crippen LogP contribution in [0.3, 0.4) is 0 Å². The Morgan fingerprint density at radius 1 is 1.14 bits per heavy atom. The minimum atomic E-state index is -1.07. The molecule has 0 saturated carbocycles. The van der Waals surface area contributed by atoms with Gasteiger partial charge in [0.05, 0.1) is 22.0 Å². The van der Waals surface area contributed by atoms with Gasteiger partial charge in [0, 0.05) is 0 Å². The van der Waals surface area contributed by atoms with Crippen molar-refractivity contribution in [3.05, 3.63) is 75.7 Å². The highest BCUT2D eigenvalue weighted by Gasteiger charge is 2.25. The van der Waals surface area contributed by atoms with Crippen molar-refractivity contribution >= 4 is 29.2 Å². The van der Waals surface area contributed by atoms with Crippen molar-refractivity contribution in [1.82, 2.24) is 9.78 Å². The van der Waals surface area contributed by atoms with Gasteiger partial charge in [-0.25, -0.2) is 22.6 Å². The minimum absolute atomic E-state index is 0.00400. The lowest BCUT2D eigenvalue weighted by molar-refractivity contribution is 0.0472. The Hall–Kier alpha value is -3.33. The summed E-state index contributed by atoms with van der Waals surface area (Å²) in [6, 6.07) is 6.43. The summed E-state index contributed by atoms with van der Waals surface area (Å²) in [7, 11) is 0. The number of ketones is 1. The highest BCUT2D eigenvalue weighted by molar-refractivity contribution is 6.32. The van der Waals surface area contributed by atoms with Gasteiger partial charge in [-0.2, -0.15) is 5.10 Å². The van der Waals surface area contributed by atoms with E-state index in [1.54, 1.807) is 0 Å². The second-order valence-corrected chi connectivity index (χ2v) is 6.36. The van der Waals surface area contributed by atoms with E-state index in [0.29, 0.717) is 0 Å². The lowest BCUT2D eigenvalue weighted by Crippen LogP contribution is -2.18. The maximum Gasteiger partial charge on any atom is 0.344 e.